The molecular weight excluding hydrogens is 355 g/mol. The molecule has 1 fully saturated rings. The maximum atomic E-state index is 13.8. The van der Waals surface area contributed by atoms with E-state index in [2.05, 4.69) is 10.2 Å². The lowest BCUT2D eigenvalue weighted by molar-refractivity contribution is 0.0951. The molecule has 7 heteroatoms. The number of benzene rings is 2. The molecule has 1 aliphatic heterocycles. The first-order valence-corrected chi connectivity index (χ1v) is 8.99. The normalized spacial score (nSPS) is 15.0. The summed E-state index contributed by atoms with van der Waals surface area (Å²) in [6.45, 7) is 4.41. The third kappa shape index (κ3) is 5.01. The molecule has 27 heavy (non-hydrogen) atoms. The van der Waals surface area contributed by atoms with Gasteiger partial charge in [-0.05, 0) is 43.3 Å². The Hall–Kier alpha value is -2.54. The Morgan fingerprint density at radius 2 is 1.67 bits per heavy atom. The van der Waals surface area contributed by atoms with Gasteiger partial charge in [-0.15, -0.1) is 0 Å². The van der Waals surface area contributed by atoms with Gasteiger partial charge in [-0.1, -0.05) is 12.1 Å². The summed E-state index contributed by atoms with van der Waals surface area (Å²) in [6.07, 6.45) is 0.745. The van der Waals surface area contributed by atoms with Gasteiger partial charge >= 0.3 is 0 Å². The Morgan fingerprint density at radius 1 is 0.926 bits per heavy atom. The summed E-state index contributed by atoms with van der Waals surface area (Å²) < 4.78 is 39.9. The number of hydrogen-bond acceptors (Lipinski definition) is 3. The summed E-state index contributed by atoms with van der Waals surface area (Å²) in [5, 5.41) is 2.71. The summed E-state index contributed by atoms with van der Waals surface area (Å²) in [5.74, 6) is -2.62. The topological polar surface area (TPSA) is 35.6 Å². The summed E-state index contributed by atoms with van der Waals surface area (Å²) >= 11 is 0. The van der Waals surface area contributed by atoms with Crippen molar-refractivity contribution in [1.82, 2.24) is 10.2 Å². The van der Waals surface area contributed by atoms with Crippen LogP contribution in [-0.2, 0) is 0 Å². The van der Waals surface area contributed by atoms with E-state index in [9.17, 15) is 18.0 Å². The zero-order valence-electron chi connectivity index (χ0n) is 14.9. The van der Waals surface area contributed by atoms with Crippen LogP contribution in [0.1, 0.15) is 16.8 Å². The number of nitrogens with zero attached hydrogens (tertiary/aromatic N) is 2. The number of amides is 1. The van der Waals surface area contributed by atoms with Crippen molar-refractivity contribution in [3.63, 3.8) is 0 Å². The Balaban J connectivity index is 1.37. The molecule has 0 bridgehead atoms. The van der Waals surface area contributed by atoms with Crippen molar-refractivity contribution in [2.24, 2.45) is 0 Å². The average molecular weight is 377 g/mol. The van der Waals surface area contributed by atoms with E-state index in [1.165, 1.54) is 12.1 Å². The highest BCUT2D eigenvalue weighted by Crippen LogP contribution is 2.20. The Bertz CT molecular complexity index is 792. The van der Waals surface area contributed by atoms with Gasteiger partial charge in [0, 0.05) is 38.3 Å². The van der Waals surface area contributed by atoms with Gasteiger partial charge < -0.3 is 10.2 Å². The molecule has 0 radical (unpaired) electrons. The third-order valence-corrected chi connectivity index (χ3v) is 4.68. The highest BCUT2D eigenvalue weighted by atomic mass is 19.2. The first-order chi connectivity index (χ1) is 13.0. The van der Waals surface area contributed by atoms with Gasteiger partial charge in [-0.2, -0.15) is 0 Å². The van der Waals surface area contributed by atoms with E-state index in [1.54, 1.807) is 12.1 Å². The van der Waals surface area contributed by atoms with Crippen LogP contribution in [-0.4, -0.2) is 50.1 Å². The Morgan fingerprint density at radius 3 is 2.37 bits per heavy atom. The van der Waals surface area contributed by atoms with Crippen molar-refractivity contribution in [1.29, 1.82) is 0 Å². The molecule has 1 heterocycles. The third-order valence-electron chi connectivity index (χ3n) is 4.68. The summed E-state index contributed by atoms with van der Waals surface area (Å²) in [4.78, 5) is 16.2. The summed E-state index contributed by atoms with van der Waals surface area (Å²) in [6, 6.07) is 9.88. The average Bonchev–Trinajstić information content (AvgIpc) is 2.68. The molecule has 3 rings (SSSR count). The predicted molar refractivity (Wildman–Crippen MR) is 98.4 cm³/mol. The number of piperazine rings is 1. The molecular formula is C20H22F3N3O. The standard InChI is InChI=1S/C20H22F3N3O/c21-16-7-6-15(14-18(16)23)20(27)24-8-3-9-25-10-12-26(13-11-25)19-5-2-1-4-17(19)22/h1-2,4-7,14H,3,8-13H2,(H,24,27). The van der Waals surface area contributed by atoms with Crippen molar-refractivity contribution < 1.29 is 18.0 Å². The first kappa shape index (κ1) is 19.2. The van der Waals surface area contributed by atoms with Crippen LogP contribution in [0.4, 0.5) is 18.9 Å². The molecule has 0 saturated carbocycles. The maximum Gasteiger partial charge on any atom is 0.251 e. The monoisotopic (exact) mass is 377 g/mol. The van der Waals surface area contributed by atoms with Crippen LogP contribution in [0, 0.1) is 17.5 Å². The second-order valence-electron chi connectivity index (χ2n) is 6.52. The Kier molecular flexibility index (Phi) is 6.34. The zero-order chi connectivity index (χ0) is 19.2. The SMILES string of the molecule is O=C(NCCCN1CCN(c2ccccc2F)CC1)c1ccc(F)c(F)c1. The number of para-hydroxylation sites is 1. The van der Waals surface area contributed by atoms with E-state index in [1.807, 2.05) is 11.0 Å². The maximum absolute atomic E-state index is 13.8. The fourth-order valence-corrected chi connectivity index (χ4v) is 3.16. The molecule has 4 nitrogen and oxygen atoms in total. The number of carbonyl (C=O) groups is 1. The van der Waals surface area contributed by atoms with Crippen molar-refractivity contribution in [3.05, 3.63) is 65.5 Å². The molecule has 2 aromatic carbocycles. The van der Waals surface area contributed by atoms with Crippen molar-refractivity contribution in [2.75, 3.05) is 44.2 Å². The fraction of sp³-hybridized carbons (Fsp3) is 0.350. The van der Waals surface area contributed by atoms with Crippen molar-refractivity contribution in [3.8, 4) is 0 Å². The van der Waals surface area contributed by atoms with Gasteiger partial charge in [0.2, 0.25) is 0 Å². The second kappa shape index (κ2) is 8.90. The number of hydrogen-bond donors (Lipinski definition) is 1. The number of rotatable bonds is 6. The molecule has 0 aliphatic carbocycles. The summed E-state index contributed by atoms with van der Waals surface area (Å²) in [7, 11) is 0. The van der Waals surface area contributed by atoms with E-state index >= 15 is 0 Å². The minimum Gasteiger partial charge on any atom is -0.367 e. The molecule has 0 aromatic heterocycles. The number of nitrogens with one attached hydrogen (secondary N) is 1. The van der Waals surface area contributed by atoms with E-state index in [0.29, 0.717) is 12.2 Å². The van der Waals surface area contributed by atoms with Gasteiger partial charge in [-0.25, -0.2) is 13.2 Å². The second-order valence-corrected chi connectivity index (χ2v) is 6.52. The van der Waals surface area contributed by atoms with Gasteiger partial charge in [0.25, 0.3) is 5.91 Å². The molecule has 1 saturated heterocycles. The number of anilines is 1. The zero-order valence-corrected chi connectivity index (χ0v) is 14.9. The molecule has 0 spiro atoms. The largest absolute Gasteiger partial charge is 0.367 e. The van der Waals surface area contributed by atoms with Gasteiger partial charge in [0.1, 0.15) is 5.82 Å². The molecule has 1 N–H and O–H groups in total. The highest BCUT2D eigenvalue weighted by molar-refractivity contribution is 5.94. The molecule has 0 unspecified atom stereocenters. The van der Waals surface area contributed by atoms with E-state index in [-0.39, 0.29) is 11.4 Å². The quantitative estimate of drug-likeness (QED) is 0.786. The van der Waals surface area contributed by atoms with E-state index < -0.39 is 17.5 Å². The van der Waals surface area contributed by atoms with Gasteiger partial charge in [-0.3, -0.25) is 9.69 Å². The molecule has 1 aliphatic rings. The van der Waals surface area contributed by atoms with Crippen LogP contribution in [0.5, 0.6) is 0 Å². The lowest BCUT2D eigenvalue weighted by Crippen LogP contribution is -2.47. The number of halogens is 3. The highest BCUT2D eigenvalue weighted by Gasteiger charge is 2.19. The van der Waals surface area contributed by atoms with Crippen molar-refractivity contribution in [2.45, 2.75) is 6.42 Å². The van der Waals surface area contributed by atoms with Gasteiger partial charge in [0.05, 0.1) is 5.69 Å². The molecule has 144 valence electrons. The van der Waals surface area contributed by atoms with Crippen molar-refractivity contribution >= 4 is 11.6 Å². The van der Waals surface area contributed by atoms with Crippen LogP contribution in [0.2, 0.25) is 0 Å². The van der Waals surface area contributed by atoms with Crippen LogP contribution in [0.3, 0.4) is 0 Å². The molecule has 1 amide bonds. The van der Waals surface area contributed by atoms with E-state index in [0.717, 1.165) is 51.3 Å². The lowest BCUT2D eigenvalue weighted by Gasteiger charge is -2.36. The lowest BCUT2D eigenvalue weighted by atomic mass is 10.2. The predicted octanol–water partition coefficient (Wildman–Crippen LogP) is 3.05. The number of carbonyl (C=O) groups excluding carboxylic acids is 1. The fourth-order valence-electron chi connectivity index (χ4n) is 3.16. The van der Waals surface area contributed by atoms with Crippen LogP contribution in [0.25, 0.3) is 0 Å². The smallest absolute Gasteiger partial charge is 0.251 e. The minimum absolute atomic E-state index is 0.104. The Labute approximate surface area is 156 Å². The minimum atomic E-state index is -1.03. The molecule has 0 atom stereocenters. The van der Waals surface area contributed by atoms with Gasteiger partial charge in [0.15, 0.2) is 11.6 Å². The molecule has 2 aromatic rings. The first-order valence-electron chi connectivity index (χ1n) is 8.99. The van der Waals surface area contributed by atoms with Crippen LogP contribution < -0.4 is 10.2 Å². The van der Waals surface area contributed by atoms with E-state index in [4.69, 9.17) is 0 Å². The summed E-state index contributed by atoms with van der Waals surface area (Å²) in [5.41, 5.74) is 0.739. The van der Waals surface area contributed by atoms with Crippen LogP contribution >= 0.6 is 0 Å². The van der Waals surface area contributed by atoms with Crippen LogP contribution in [0.15, 0.2) is 42.5 Å².